The fourth-order valence-electron chi connectivity index (χ4n) is 3.59. The van der Waals surface area contributed by atoms with Gasteiger partial charge in [-0.3, -0.25) is 9.69 Å². The molecular formula is C21H18ClN3O2S2. The number of ether oxygens (including phenoxy) is 1. The largest absolute Gasteiger partial charge is 0.376 e. The lowest BCUT2D eigenvalue weighted by Gasteiger charge is -2.23. The molecule has 1 fully saturated rings. The van der Waals surface area contributed by atoms with Crippen molar-refractivity contribution in [1.29, 1.82) is 0 Å². The van der Waals surface area contributed by atoms with Crippen molar-refractivity contribution in [2.75, 3.05) is 18.1 Å². The van der Waals surface area contributed by atoms with Gasteiger partial charge >= 0.3 is 0 Å². The molecule has 8 heteroatoms. The topological polar surface area (TPSA) is 55.3 Å². The number of rotatable bonds is 4. The van der Waals surface area contributed by atoms with E-state index in [4.69, 9.17) is 21.3 Å². The Labute approximate surface area is 180 Å². The second kappa shape index (κ2) is 7.65. The van der Waals surface area contributed by atoms with Crippen LogP contribution in [-0.2, 0) is 4.74 Å². The van der Waals surface area contributed by atoms with Gasteiger partial charge in [-0.1, -0.05) is 29.0 Å². The van der Waals surface area contributed by atoms with Crippen molar-refractivity contribution in [2.45, 2.75) is 25.9 Å². The van der Waals surface area contributed by atoms with Gasteiger partial charge in [-0.2, -0.15) is 0 Å². The third-order valence-corrected chi connectivity index (χ3v) is 7.48. The van der Waals surface area contributed by atoms with Crippen molar-refractivity contribution in [3.63, 3.8) is 0 Å². The number of halogens is 1. The average molecular weight is 444 g/mol. The summed E-state index contributed by atoms with van der Waals surface area (Å²) < 4.78 is 7.72. The minimum Gasteiger partial charge on any atom is -0.376 e. The summed E-state index contributed by atoms with van der Waals surface area (Å²) in [5.41, 5.74) is 5.21. The summed E-state index contributed by atoms with van der Waals surface area (Å²) in [6.07, 6.45) is 1.99. The molecule has 148 valence electrons. The monoisotopic (exact) mass is 443 g/mol. The fraction of sp³-hybridized carbons (Fsp3) is 0.286. The van der Waals surface area contributed by atoms with Crippen molar-refractivity contribution in [3.8, 4) is 0 Å². The highest BCUT2D eigenvalue weighted by Crippen LogP contribution is 2.36. The van der Waals surface area contributed by atoms with Gasteiger partial charge in [-0.05, 0) is 49.6 Å². The standard InChI is InChI=1S/C21H18ClN3O2S2/c1-12-4-6-15(22)19-18(12)24-21(29-19)25(10-14-3-2-8-27-14)20(26)13-5-7-16-17(9-13)28-11-23-16/h4-7,9,11,14H,2-3,8,10H2,1H3. The number of carbonyl (C=O) groups excluding carboxylic acids is 1. The maximum Gasteiger partial charge on any atom is 0.260 e. The molecule has 29 heavy (non-hydrogen) atoms. The number of aryl methyl sites for hydroxylation is 1. The number of amides is 1. The fourth-order valence-corrected chi connectivity index (χ4v) is 5.63. The third-order valence-electron chi connectivity index (χ3n) is 5.15. The summed E-state index contributed by atoms with van der Waals surface area (Å²) in [4.78, 5) is 24.4. The zero-order valence-corrected chi connectivity index (χ0v) is 18.1. The Morgan fingerprint density at radius 2 is 2.24 bits per heavy atom. The second-order valence-corrected chi connectivity index (χ2v) is 9.40. The Morgan fingerprint density at radius 3 is 3.03 bits per heavy atom. The molecule has 4 aromatic rings. The Hall–Kier alpha value is -2.06. The molecule has 2 aromatic carbocycles. The number of carbonyl (C=O) groups is 1. The molecule has 5 rings (SSSR count). The molecule has 1 saturated heterocycles. The summed E-state index contributed by atoms with van der Waals surface area (Å²) in [6.45, 7) is 3.23. The lowest BCUT2D eigenvalue weighted by atomic mass is 10.1. The van der Waals surface area contributed by atoms with E-state index in [0.29, 0.717) is 22.3 Å². The first-order valence-corrected chi connectivity index (χ1v) is 11.5. The normalized spacial score (nSPS) is 16.7. The highest BCUT2D eigenvalue weighted by Gasteiger charge is 2.28. The average Bonchev–Trinajstić information content (AvgIpc) is 3.48. The zero-order chi connectivity index (χ0) is 20.0. The Balaban J connectivity index is 1.58. The van der Waals surface area contributed by atoms with E-state index in [1.807, 2.05) is 37.3 Å². The number of fused-ring (bicyclic) bond motifs is 2. The van der Waals surface area contributed by atoms with Gasteiger partial charge in [0.2, 0.25) is 0 Å². The van der Waals surface area contributed by atoms with Gasteiger partial charge in [-0.25, -0.2) is 9.97 Å². The van der Waals surface area contributed by atoms with Crippen molar-refractivity contribution in [2.24, 2.45) is 0 Å². The van der Waals surface area contributed by atoms with Crippen LogP contribution < -0.4 is 4.90 Å². The molecule has 2 aromatic heterocycles. The smallest absolute Gasteiger partial charge is 0.260 e. The van der Waals surface area contributed by atoms with Crippen LogP contribution in [0.2, 0.25) is 5.02 Å². The van der Waals surface area contributed by atoms with Gasteiger partial charge in [0.1, 0.15) is 0 Å². The zero-order valence-electron chi connectivity index (χ0n) is 15.7. The van der Waals surface area contributed by atoms with Crippen molar-refractivity contribution in [1.82, 2.24) is 9.97 Å². The number of aromatic nitrogens is 2. The van der Waals surface area contributed by atoms with Crippen LogP contribution in [0.3, 0.4) is 0 Å². The summed E-state index contributed by atoms with van der Waals surface area (Å²) in [5.74, 6) is -0.0800. The lowest BCUT2D eigenvalue weighted by Crippen LogP contribution is -2.37. The summed E-state index contributed by atoms with van der Waals surface area (Å²) in [6, 6.07) is 9.47. The van der Waals surface area contributed by atoms with Gasteiger partial charge in [0.15, 0.2) is 5.13 Å². The van der Waals surface area contributed by atoms with E-state index in [1.54, 1.807) is 10.4 Å². The predicted molar refractivity (Wildman–Crippen MR) is 120 cm³/mol. The molecule has 5 nitrogen and oxygen atoms in total. The van der Waals surface area contributed by atoms with E-state index in [1.165, 1.54) is 22.7 Å². The number of benzene rings is 2. The van der Waals surface area contributed by atoms with Crippen molar-refractivity contribution in [3.05, 3.63) is 52.0 Å². The molecule has 1 amide bonds. The second-order valence-electron chi connectivity index (χ2n) is 7.12. The number of hydrogen-bond donors (Lipinski definition) is 0. The molecule has 0 aliphatic carbocycles. The SMILES string of the molecule is Cc1ccc(Cl)c2sc(N(CC3CCCO3)C(=O)c3ccc4ncsc4c3)nc12. The van der Waals surface area contributed by atoms with Crippen LogP contribution >= 0.6 is 34.3 Å². The van der Waals surface area contributed by atoms with Crippen LogP contribution in [0.25, 0.3) is 20.4 Å². The highest BCUT2D eigenvalue weighted by molar-refractivity contribution is 7.23. The van der Waals surface area contributed by atoms with Crippen molar-refractivity contribution < 1.29 is 9.53 Å². The Bertz CT molecular complexity index is 1170. The summed E-state index contributed by atoms with van der Waals surface area (Å²) in [7, 11) is 0. The highest BCUT2D eigenvalue weighted by atomic mass is 35.5. The van der Waals surface area contributed by atoms with E-state index < -0.39 is 0 Å². The van der Waals surface area contributed by atoms with Crippen molar-refractivity contribution >= 4 is 65.7 Å². The van der Waals surface area contributed by atoms with E-state index in [0.717, 1.165) is 45.4 Å². The quantitative estimate of drug-likeness (QED) is 0.406. The molecule has 0 bridgehead atoms. The maximum absolute atomic E-state index is 13.5. The molecular weight excluding hydrogens is 426 g/mol. The van der Waals surface area contributed by atoms with Crippen LogP contribution in [0, 0.1) is 6.92 Å². The number of anilines is 1. The van der Waals surface area contributed by atoms with Gasteiger partial charge in [-0.15, -0.1) is 11.3 Å². The van der Waals surface area contributed by atoms with Crippen LogP contribution in [0.15, 0.2) is 35.8 Å². The third kappa shape index (κ3) is 3.53. The Kier molecular flexibility index (Phi) is 4.99. The van der Waals surface area contributed by atoms with Crippen LogP contribution in [0.4, 0.5) is 5.13 Å². The van der Waals surface area contributed by atoms with Crippen LogP contribution in [0.1, 0.15) is 28.8 Å². The summed E-state index contributed by atoms with van der Waals surface area (Å²) >= 11 is 9.39. The number of thiazole rings is 2. The minimum atomic E-state index is -0.0800. The van der Waals surface area contributed by atoms with E-state index in [2.05, 4.69) is 4.98 Å². The first-order chi connectivity index (χ1) is 14.1. The van der Waals surface area contributed by atoms with Crippen LogP contribution in [0.5, 0.6) is 0 Å². The van der Waals surface area contributed by atoms with Gasteiger partial charge in [0, 0.05) is 12.2 Å². The maximum atomic E-state index is 13.5. The lowest BCUT2D eigenvalue weighted by molar-refractivity contribution is 0.0917. The molecule has 1 unspecified atom stereocenters. The summed E-state index contributed by atoms with van der Waals surface area (Å²) in [5, 5.41) is 1.31. The molecule has 0 radical (unpaired) electrons. The van der Waals surface area contributed by atoms with E-state index >= 15 is 0 Å². The van der Waals surface area contributed by atoms with Gasteiger partial charge < -0.3 is 4.74 Å². The molecule has 0 spiro atoms. The van der Waals surface area contributed by atoms with Crippen LogP contribution in [-0.4, -0.2) is 35.1 Å². The van der Waals surface area contributed by atoms with E-state index in [9.17, 15) is 4.79 Å². The number of hydrogen-bond acceptors (Lipinski definition) is 6. The molecule has 1 aliphatic heterocycles. The van der Waals surface area contributed by atoms with Gasteiger partial charge in [0.25, 0.3) is 5.91 Å². The molecule has 3 heterocycles. The Morgan fingerprint density at radius 1 is 1.34 bits per heavy atom. The molecule has 0 N–H and O–H groups in total. The minimum absolute atomic E-state index is 0.0228. The molecule has 1 atom stereocenters. The van der Waals surface area contributed by atoms with E-state index in [-0.39, 0.29) is 12.0 Å². The molecule has 1 aliphatic rings. The predicted octanol–water partition coefficient (Wildman–Crippen LogP) is 5.69. The first-order valence-electron chi connectivity index (χ1n) is 9.42. The first kappa shape index (κ1) is 18.9. The van der Waals surface area contributed by atoms with Gasteiger partial charge in [0.05, 0.1) is 43.6 Å². The number of nitrogens with zero attached hydrogens (tertiary/aromatic N) is 3. The molecule has 0 saturated carbocycles.